The van der Waals surface area contributed by atoms with Gasteiger partial charge in [-0.3, -0.25) is 0 Å². The van der Waals surface area contributed by atoms with Gasteiger partial charge in [-0.15, -0.1) is 0 Å². The molecule has 4 rings (SSSR count). The van der Waals surface area contributed by atoms with Crippen LogP contribution in [0.1, 0.15) is 28.8 Å². The fraction of sp³-hybridized carbons (Fsp3) is 0.115. The summed E-state index contributed by atoms with van der Waals surface area (Å²) in [5.74, 6) is 0. The second kappa shape index (κ2) is 14.7. The van der Waals surface area contributed by atoms with Crippen molar-refractivity contribution in [2.24, 2.45) is 0 Å². The first-order valence-electron chi connectivity index (χ1n) is 10.0. The molecule has 2 atom stereocenters. The molecule has 3 aromatic carbocycles. The van der Waals surface area contributed by atoms with Crippen LogP contribution in [0.5, 0.6) is 0 Å². The Labute approximate surface area is 217 Å². The van der Waals surface area contributed by atoms with E-state index in [1.165, 1.54) is 0 Å². The predicted molar refractivity (Wildman–Crippen MR) is 126 cm³/mol. The van der Waals surface area contributed by atoms with Crippen LogP contribution in [-0.2, 0) is 29.5 Å². The third kappa shape index (κ3) is 8.96. The Morgan fingerprint density at radius 3 is 1.58 bits per heavy atom. The number of rotatable bonds is 6. The van der Waals surface area contributed by atoms with Gasteiger partial charge in [0.2, 0.25) is 10.0 Å². The molecule has 7 heteroatoms. The maximum absolute atomic E-state index is 12.9. The summed E-state index contributed by atoms with van der Waals surface area (Å²) >= 11 is 0. The van der Waals surface area contributed by atoms with Crippen molar-refractivity contribution in [3.8, 4) is 0 Å². The molecule has 1 fully saturated rings. The fourth-order valence-corrected chi connectivity index (χ4v) is 4.35. The second-order valence-electron chi connectivity index (χ2n) is 7.17. The molecule has 174 valence electrons. The summed E-state index contributed by atoms with van der Waals surface area (Å²) in [6, 6.07) is 23.8. The summed E-state index contributed by atoms with van der Waals surface area (Å²) in [5, 5.41) is 0. The number of hydrogen-bond donors (Lipinski definition) is 1. The summed E-state index contributed by atoms with van der Waals surface area (Å²) < 4.78 is 28.5. The smallest absolute Gasteiger partial charge is 1.00 e. The van der Waals surface area contributed by atoms with Crippen molar-refractivity contribution >= 4 is 10.0 Å². The normalized spacial score (nSPS) is 14.6. The average molecular weight is 569 g/mol. The Morgan fingerprint density at radius 2 is 1.12 bits per heavy atom. The Hall–Kier alpha value is -1.56. The van der Waals surface area contributed by atoms with Crippen LogP contribution in [0.2, 0.25) is 0 Å². The zero-order valence-electron chi connectivity index (χ0n) is 18.1. The Balaban J connectivity index is 0.000000689. The van der Waals surface area contributed by atoms with Crippen LogP contribution >= 0.6 is 0 Å². The molecule has 0 aliphatic heterocycles. The molecule has 2 N–H and O–H groups in total. The van der Waals surface area contributed by atoms with Crippen LogP contribution in [0.4, 0.5) is 0 Å². The van der Waals surface area contributed by atoms with Crippen molar-refractivity contribution in [1.29, 1.82) is 0 Å². The minimum absolute atomic E-state index is 0. The molecule has 33 heavy (non-hydrogen) atoms. The number of aryl methyl sites for hydroxylation is 1. The van der Waals surface area contributed by atoms with E-state index in [0.717, 1.165) is 16.7 Å². The van der Waals surface area contributed by atoms with Crippen molar-refractivity contribution in [3.05, 3.63) is 139 Å². The molecule has 0 heterocycles. The largest absolute Gasteiger partial charge is 2.00 e. The van der Waals surface area contributed by atoms with Gasteiger partial charge in [0.1, 0.15) is 0 Å². The van der Waals surface area contributed by atoms with Gasteiger partial charge in [-0.05, 0) is 56.7 Å². The van der Waals surface area contributed by atoms with Gasteiger partial charge < -0.3 is 18.1 Å². The first-order chi connectivity index (χ1) is 15.0. The molecule has 1 aliphatic rings. The van der Waals surface area contributed by atoms with Gasteiger partial charge >= 0.3 is 19.5 Å². The maximum Gasteiger partial charge on any atom is 2.00 e. The van der Waals surface area contributed by atoms with Crippen molar-refractivity contribution in [2.45, 2.75) is 23.9 Å². The molecule has 3 aromatic rings. The third-order valence-electron chi connectivity index (χ3n) is 4.82. The van der Waals surface area contributed by atoms with Crippen LogP contribution < -0.4 is 17.1 Å². The number of sulfonamides is 1. The summed E-state index contributed by atoms with van der Waals surface area (Å²) in [7, 11) is -3.75. The van der Waals surface area contributed by atoms with Crippen molar-refractivity contribution in [3.63, 3.8) is 0 Å². The molecule has 4 nitrogen and oxygen atoms in total. The van der Waals surface area contributed by atoms with Crippen LogP contribution in [0.3, 0.4) is 0 Å². The van der Waals surface area contributed by atoms with Crippen molar-refractivity contribution in [2.75, 3.05) is 0 Å². The third-order valence-corrected chi connectivity index (χ3v) is 6.28. The molecule has 1 aliphatic carbocycles. The summed E-state index contributed by atoms with van der Waals surface area (Å²) in [5.41, 5.74) is 11.2. The first kappa shape index (κ1) is 29.5. The predicted octanol–water partition coefficient (Wildman–Crippen LogP) is 2.83. The quantitative estimate of drug-likeness (QED) is 0.465. The molecule has 0 aromatic heterocycles. The molecular formula is C26H26ClN2O2RhS. The Bertz CT molecular complexity index is 1020. The second-order valence-corrected chi connectivity index (χ2v) is 8.89. The summed E-state index contributed by atoms with van der Waals surface area (Å²) in [4.78, 5) is 0.198. The van der Waals surface area contributed by atoms with E-state index < -0.39 is 22.1 Å². The summed E-state index contributed by atoms with van der Waals surface area (Å²) in [6.07, 6.45) is 10.0. The van der Waals surface area contributed by atoms with E-state index in [1.54, 1.807) is 24.3 Å². The fourth-order valence-electron chi connectivity index (χ4n) is 3.12. The van der Waals surface area contributed by atoms with Gasteiger partial charge in [0, 0.05) is 6.04 Å². The Kier molecular flexibility index (Phi) is 13.1. The monoisotopic (exact) mass is 568 g/mol. The minimum atomic E-state index is -3.75. The average Bonchev–Trinajstić information content (AvgIpc) is 3.39. The molecule has 6 radical (unpaired) electrons. The van der Waals surface area contributed by atoms with Crippen LogP contribution in [0.15, 0.2) is 89.8 Å². The molecule has 0 bridgehead atoms. The molecule has 1 saturated carbocycles. The maximum atomic E-state index is 12.9. The van der Waals surface area contributed by atoms with E-state index in [-0.39, 0.29) is 36.8 Å². The number of nitrogens with one attached hydrogen (secondary N) is 2. The first-order valence-corrected chi connectivity index (χ1v) is 11.5. The van der Waals surface area contributed by atoms with E-state index >= 15 is 0 Å². The van der Waals surface area contributed by atoms with Crippen LogP contribution in [0.25, 0.3) is 5.73 Å². The molecule has 0 amide bonds. The van der Waals surface area contributed by atoms with Crippen molar-refractivity contribution < 1.29 is 40.3 Å². The SMILES string of the molecule is Cc1ccc(S(=O)(=O)N[C@@H](c2ccccc2)[C@@H]([NH-])c2ccccc2)cc1.[CH]1[CH][CH][CH][CH]1.[Cl-].[Rh+2]. The molecular weight excluding hydrogens is 543 g/mol. The zero-order valence-corrected chi connectivity index (χ0v) is 21.3. The number of benzene rings is 3. The van der Waals surface area contributed by atoms with Gasteiger partial charge in [0.15, 0.2) is 0 Å². The molecule has 0 unspecified atom stereocenters. The van der Waals surface area contributed by atoms with Gasteiger partial charge in [-0.2, -0.15) is 0 Å². The number of halogens is 1. The topological polar surface area (TPSA) is 70.0 Å². The van der Waals surface area contributed by atoms with Crippen LogP contribution in [0, 0.1) is 39.0 Å². The number of hydrogen-bond acceptors (Lipinski definition) is 2. The van der Waals surface area contributed by atoms with Gasteiger partial charge in [-0.25, -0.2) is 13.1 Å². The van der Waals surface area contributed by atoms with E-state index in [2.05, 4.69) is 4.72 Å². The Morgan fingerprint density at radius 1 is 0.697 bits per heavy atom. The zero-order chi connectivity index (χ0) is 22.1. The van der Waals surface area contributed by atoms with Gasteiger partial charge in [0.05, 0.1) is 4.90 Å². The standard InChI is InChI=1S/C21H21N2O2S.C5H5.ClH.Rh/c1-16-12-14-19(15-13-16)26(24,25)23-21(18-10-6-3-7-11-18)20(22)17-8-4-2-5-9-17;1-2-4-5-3-1;;/h2-15,20-23H,1H3;1-5H;1H;/q-1;;;+2/p-1/t20-,21-;;;/m0.../s1. The molecule has 0 saturated heterocycles. The van der Waals surface area contributed by atoms with Crippen molar-refractivity contribution in [1.82, 2.24) is 4.72 Å². The van der Waals surface area contributed by atoms with E-state index in [0.29, 0.717) is 0 Å². The van der Waals surface area contributed by atoms with E-state index in [1.807, 2.05) is 99.7 Å². The van der Waals surface area contributed by atoms with E-state index in [9.17, 15) is 8.42 Å². The summed E-state index contributed by atoms with van der Waals surface area (Å²) in [6.45, 7) is 1.91. The molecule has 0 spiro atoms. The van der Waals surface area contributed by atoms with Crippen LogP contribution in [-0.4, -0.2) is 8.42 Å². The van der Waals surface area contributed by atoms with Gasteiger partial charge in [-0.1, -0.05) is 90.0 Å². The van der Waals surface area contributed by atoms with Gasteiger partial charge in [0.25, 0.3) is 0 Å². The minimum Gasteiger partial charge on any atom is -1.00 e. The van der Waals surface area contributed by atoms with E-state index in [4.69, 9.17) is 5.73 Å².